The summed E-state index contributed by atoms with van der Waals surface area (Å²) in [4.78, 5) is 21.7. The molecule has 56 valence electrons. The number of hydrogen-bond acceptors (Lipinski definition) is 3. The van der Waals surface area contributed by atoms with E-state index in [1.807, 2.05) is 0 Å². The molecule has 1 aliphatic heterocycles. The van der Waals surface area contributed by atoms with E-state index in [0.717, 1.165) is 0 Å². The number of nitrogens with zero attached hydrogens (tertiary/aromatic N) is 1. The molecule has 0 saturated carbocycles. The van der Waals surface area contributed by atoms with Gasteiger partial charge in [0, 0.05) is 11.8 Å². The third kappa shape index (κ3) is 1.27. The summed E-state index contributed by atoms with van der Waals surface area (Å²) in [6.07, 6.45) is 1.26. The Morgan fingerprint density at radius 2 is 2.27 bits per heavy atom. The number of amides is 1. The van der Waals surface area contributed by atoms with Gasteiger partial charge in [0.05, 0.1) is 6.07 Å². The van der Waals surface area contributed by atoms with Crippen molar-refractivity contribution in [1.82, 2.24) is 5.32 Å². The molecule has 4 heteroatoms. The van der Waals surface area contributed by atoms with Crippen LogP contribution in [0, 0.1) is 17.2 Å². The average Bonchev–Trinajstić information content (AvgIpc) is 1.85. The Hall–Kier alpha value is -1.63. The Bertz CT molecular complexity index is 285. The van der Waals surface area contributed by atoms with Gasteiger partial charge in [-0.2, -0.15) is 5.26 Å². The van der Waals surface area contributed by atoms with Crippen LogP contribution in [0.25, 0.3) is 0 Å². The first-order valence-corrected chi connectivity index (χ1v) is 3.08. The molecule has 1 aliphatic rings. The zero-order valence-corrected chi connectivity index (χ0v) is 5.92. The van der Waals surface area contributed by atoms with Gasteiger partial charge in [-0.25, -0.2) is 0 Å². The van der Waals surface area contributed by atoms with Gasteiger partial charge in [-0.1, -0.05) is 0 Å². The molecule has 4 nitrogen and oxygen atoms in total. The van der Waals surface area contributed by atoms with Crippen LogP contribution in [0.5, 0.6) is 0 Å². The normalized spacial score (nSPS) is 23.6. The quantitative estimate of drug-likeness (QED) is 0.483. The van der Waals surface area contributed by atoms with Gasteiger partial charge in [0.1, 0.15) is 0 Å². The van der Waals surface area contributed by atoms with Crippen LogP contribution in [-0.4, -0.2) is 11.7 Å². The molecule has 1 N–H and O–H groups in total. The van der Waals surface area contributed by atoms with Crippen molar-refractivity contribution in [1.29, 1.82) is 5.26 Å². The highest BCUT2D eigenvalue weighted by atomic mass is 16.2. The predicted molar refractivity (Wildman–Crippen MR) is 36.0 cm³/mol. The highest BCUT2D eigenvalue weighted by molar-refractivity contribution is 6.11. The molecule has 0 saturated heterocycles. The van der Waals surface area contributed by atoms with E-state index in [-0.39, 0.29) is 0 Å². The van der Waals surface area contributed by atoms with E-state index in [1.54, 1.807) is 13.0 Å². The largest absolute Gasteiger partial charge is 0.328 e. The lowest BCUT2D eigenvalue weighted by Gasteiger charge is -2.12. The summed E-state index contributed by atoms with van der Waals surface area (Å²) in [6.45, 7) is 1.60. The van der Waals surface area contributed by atoms with Crippen LogP contribution in [0.4, 0.5) is 0 Å². The van der Waals surface area contributed by atoms with Gasteiger partial charge in [-0.05, 0) is 6.92 Å². The number of ketones is 1. The molecule has 1 unspecified atom stereocenters. The maximum absolute atomic E-state index is 10.9. The monoisotopic (exact) mass is 150 g/mol. The second-order valence-electron chi connectivity index (χ2n) is 2.28. The van der Waals surface area contributed by atoms with Gasteiger partial charge < -0.3 is 5.32 Å². The maximum Gasteiger partial charge on any atom is 0.249 e. The fourth-order valence-electron chi connectivity index (χ4n) is 0.851. The van der Waals surface area contributed by atoms with Crippen LogP contribution in [0.3, 0.4) is 0 Å². The predicted octanol–water partition coefficient (Wildman–Crippen LogP) is -0.271. The van der Waals surface area contributed by atoms with Crippen molar-refractivity contribution in [3.05, 3.63) is 11.8 Å². The van der Waals surface area contributed by atoms with Crippen molar-refractivity contribution in [2.75, 3.05) is 0 Å². The molecular formula is C7H6N2O2. The van der Waals surface area contributed by atoms with Crippen molar-refractivity contribution >= 4 is 11.7 Å². The molecular weight excluding hydrogens is 144 g/mol. The van der Waals surface area contributed by atoms with Crippen molar-refractivity contribution in [2.45, 2.75) is 6.92 Å². The molecule has 1 amide bonds. The van der Waals surface area contributed by atoms with Crippen molar-refractivity contribution in [3.63, 3.8) is 0 Å². The summed E-state index contributed by atoms with van der Waals surface area (Å²) in [7, 11) is 0. The molecule has 0 radical (unpaired) electrons. The molecule has 0 fully saturated rings. The Kier molecular flexibility index (Phi) is 1.73. The maximum atomic E-state index is 10.9. The lowest BCUT2D eigenvalue weighted by Crippen LogP contribution is -2.37. The molecule has 0 bridgehead atoms. The first kappa shape index (κ1) is 7.48. The van der Waals surface area contributed by atoms with Gasteiger partial charge in [0.2, 0.25) is 5.91 Å². The number of hydrogen-bond donors (Lipinski definition) is 1. The van der Waals surface area contributed by atoms with Crippen molar-refractivity contribution in [2.24, 2.45) is 5.92 Å². The molecule has 0 aliphatic carbocycles. The SMILES string of the molecule is CC1=CC(=O)C(C#N)C(=O)N1. The molecule has 0 aromatic heterocycles. The second kappa shape index (κ2) is 2.54. The smallest absolute Gasteiger partial charge is 0.249 e. The van der Waals surface area contributed by atoms with Crippen molar-refractivity contribution in [3.8, 4) is 6.07 Å². The van der Waals surface area contributed by atoms with Gasteiger partial charge in [0.15, 0.2) is 11.7 Å². The second-order valence-corrected chi connectivity index (χ2v) is 2.28. The first-order chi connectivity index (χ1) is 5.15. The summed E-state index contributed by atoms with van der Waals surface area (Å²) in [5, 5.41) is 10.7. The lowest BCUT2D eigenvalue weighted by atomic mass is 10.0. The van der Waals surface area contributed by atoms with E-state index in [4.69, 9.17) is 5.26 Å². The third-order valence-electron chi connectivity index (χ3n) is 1.35. The van der Waals surface area contributed by atoms with Crippen LogP contribution in [0.2, 0.25) is 0 Å². The summed E-state index contributed by atoms with van der Waals surface area (Å²) < 4.78 is 0. The molecule has 0 spiro atoms. The molecule has 1 rings (SSSR count). The summed E-state index contributed by atoms with van der Waals surface area (Å²) in [6, 6.07) is 1.62. The number of carbonyl (C=O) groups excluding carboxylic acids is 2. The highest BCUT2D eigenvalue weighted by Crippen LogP contribution is 2.06. The molecule has 0 aromatic rings. The first-order valence-electron chi connectivity index (χ1n) is 3.08. The number of rotatable bonds is 0. The molecule has 0 aromatic carbocycles. The Labute approximate surface area is 63.5 Å². The topological polar surface area (TPSA) is 70.0 Å². The summed E-state index contributed by atoms with van der Waals surface area (Å²) >= 11 is 0. The van der Waals surface area contributed by atoms with Crippen LogP contribution < -0.4 is 5.32 Å². The van der Waals surface area contributed by atoms with Gasteiger partial charge in [-0.3, -0.25) is 9.59 Å². The zero-order chi connectivity index (χ0) is 8.43. The number of nitriles is 1. The molecule has 1 heterocycles. The Morgan fingerprint density at radius 1 is 1.64 bits per heavy atom. The number of nitrogens with one attached hydrogen (secondary N) is 1. The fourth-order valence-corrected chi connectivity index (χ4v) is 0.851. The van der Waals surface area contributed by atoms with Gasteiger partial charge >= 0.3 is 0 Å². The van der Waals surface area contributed by atoms with Crippen molar-refractivity contribution < 1.29 is 9.59 Å². The third-order valence-corrected chi connectivity index (χ3v) is 1.35. The van der Waals surface area contributed by atoms with Crippen LogP contribution >= 0.6 is 0 Å². The standard InChI is InChI=1S/C7H6N2O2/c1-4-2-6(10)5(3-8)7(11)9-4/h2,5H,1H3,(H,9,11). The van der Waals surface area contributed by atoms with Crippen LogP contribution in [0.15, 0.2) is 11.8 Å². The van der Waals surface area contributed by atoms with E-state index in [9.17, 15) is 9.59 Å². The van der Waals surface area contributed by atoms with E-state index >= 15 is 0 Å². The minimum absolute atomic E-state index is 0.436. The van der Waals surface area contributed by atoms with Crippen LogP contribution in [-0.2, 0) is 9.59 Å². The fraction of sp³-hybridized carbons (Fsp3) is 0.286. The Balaban J connectivity index is 2.97. The minimum atomic E-state index is -1.15. The lowest BCUT2D eigenvalue weighted by molar-refractivity contribution is -0.129. The van der Waals surface area contributed by atoms with Gasteiger partial charge in [-0.15, -0.1) is 0 Å². The zero-order valence-electron chi connectivity index (χ0n) is 5.92. The van der Waals surface area contributed by atoms with Crippen LogP contribution in [0.1, 0.15) is 6.92 Å². The number of carbonyl (C=O) groups is 2. The minimum Gasteiger partial charge on any atom is -0.328 e. The van der Waals surface area contributed by atoms with E-state index in [2.05, 4.69) is 5.32 Å². The molecule has 11 heavy (non-hydrogen) atoms. The average molecular weight is 150 g/mol. The van der Waals surface area contributed by atoms with E-state index in [1.165, 1.54) is 6.08 Å². The number of allylic oxidation sites excluding steroid dienone is 2. The Morgan fingerprint density at radius 3 is 2.73 bits per heavy atom. The van der Waals surface area contributed by atoms with Gasteiger partial charge in [0.25, 0.3) is 0 Å². The highest BCUT2D eigenvalue weighted by Gasteiger charge is 2.28. The summed E-state index contributed by atoms with van der Waals surface area (Å²) in [5.41, 5.74) is 0.492. The van der Waals surface area contributed by atoms with E-state index < -0.39 is 17.6 Å². The molecule has 1 atom stereocenters. The summed E-state index contributed by atoms with van der Waals surface area (Å²) in [5.74, 6) is -2.12. The van der Waals surface area contributed by atoms with E-state index in [0.29, 0.717) is 5.70 Å².